The lowest BCUT2D eigenvalue weighted by molar-refractivity contribution is 0.127. The first-order valence-corrected chi connectivity index (χ1v) is 7.75. The average Bonchev–Trinajstić information content (AvgIpc) is 2.42. The van der Waals surface area contributed by atoms with Crippen molar-refractivity contribution < 1.29 is 0 Å². The highest BCUT2D eigenvalue weighted by Gasteiger charge is 2.22. The number of piperidine rings is 1. The Hall–Kier alpha value is -0.570. The molecule has 0 spiro atoms. The summed E-state index contributed by atoms with van der Waals surface area (Å²) in [6.07, 6.45) is 4.94. The van der Waals surface area contributed by atoms with E-state index in [1.54, 1.807) is 0 Å². The van der Waals surface area contributed by atoms with Gasteiger partial charge in [-0.2, -0.15) is 0 Å². The third-order valence-corrected chi connectivity index (χ3v) is 4.45. The predicted octanol–water partition coefficient (Wildman–Crippen LogP) is 3.33. The summed E-state index contributed by atoms with van der Waals surface area (Å²) in [5.74, 6) is 0.798. The van der Waals surface area contributed by atoms with Gasteiger partial charge in [-0.15, -0.1) is 0 Å². The normalized spacial score (nSPS) is 22.4. The summed E-state index contributed by atoms with van der Waals surface area (Å²) in [6, 6.07) is 8.84. The highest BCUT2D eigenvalue weighted by Crippen LogP contribution is 2.22. The molecule has 3 heteroatoms. The zero-order valence-electron chi connectivity index (χ0n) is 11.8. The topological polar surface area (TPSA) is 29.3 Å². The standard InChI is InChI=1S/C16H25ClN2/c1-13(11-14-4-6-16(17)7-5-14)19-10-2-3-15(12-19)8-9-18/h4-7,13,15H,2-3,8-12,18H2,1H3. The van der Waals surface area contributed by atoms with Gasteiger partial charge in [0.15, 0.2) is 0 Å². The number of likely N-dealkylation sites (tertiary alicyclic amines) is 1. The average molecular weight is 281 g/mol. The van der Waals surface area contributed by atoms with Crippen molar-refractivity contribution in [3.63, 3.8) is 0 Å². The zero-order chi connectivity index (χ0) is 13.7. The molecule has 1 aliphatic heterocycles. The Balaban J connectivity index is 1.88. The van der Waals surface area contributed by atoms with Gasteiger partial charge >= 0.3 is 0 Å². The maximum absolute atomic E-state index is 5.93. The fourth-order valence-corrected chi connectivity index (χ4v) is 3.19. The fraction of sp³-hybridized carbons (Fsp3) is 0.625. The second kappa shape index (κ2) is 7.28. The molecule has 0 saturated carbocycles. The lowest BCUT2D eigenvalue weighted by Gasteiger charge is -2.37. The highest BCUT2D eigenvalue weighted by molar-refractivity contribution is 6.30. The summed E-state index contributed by atoms with van der Waals surface area (Å²) in [5, 5.41) is 0.817. The Morgan fingerprint density at radius 2 is 2.11 bits per heavy atom. The van der Waals surface area contributed by atoms with Crippen LogP contribution in [0.4, 0.5) is 0 Å². The molecule has 2 unspecified atom stereocenters. The van der Waals surface area contributed by atoms with Crippen LogP contribution in [-0.2, 0) is 6.42 Å². The molecule has 1 aromatic rings. The molecule has 1 fully saturated rings. The Kier molecular flexibility index (Phi) is 5.68. The number of benzene rings is 1. The summed E-state index contributed by atoms with van der Waals surface area (Å²) in [6.45, 7) is 5.60. The van der Waals surface area contributed by atoms with Gasteiger partial charge in [-0.3, -0.25) is 0 Å². The molecule has 2 rings (SSSR count). The molecule has 2 nitrogen and oxygen atoms in total. The van der Waals surface area contributed by atoms with Gasteiger partial charge in [-0.1, -0.05) is 23.7 Å². The van der Waals surface area contributed by atoms with Crippen LogP contribution in [0.1, 0.15) is 31.7 Å². The summed E-state index contributed by atoms with van der Waals surface area (Å²) in [7, 11) is 0. The second-order valence-electron chi connectivity index (χ2n) is 5.76. The molecule has 1 aliphatic rings. The van der Waals surface area contributed by atoms with Crippen molar-refractivity contribution in [1.82, 2.24) is 4.90 Å². The van der Waals surface area contributed by atoms with Crippen LogP contribution in [-0.4, -0.2) is 30.6 Å². The van der Waals surface area contributed by atoms with Gasteiger partial charge in [0.2, 0.25) is 0 Å². The van der Waals surface area contributed by atoms with Gasteiger partial charge in [0.25, 0.3) is 0 Å². The first kappa shape index (κ1) is 14.8. The number of hydrogen-bond acceptors (Lipinski definition) is 2. The van der Waals surface area contributed by atoms with E-state index in [0.717, 1.165) is 23.9 Å². The van der Waals surface area contributed by atoms with Gasteiger partial charge in [0, 0.05) is 17.6 Å². The lowest BCUT2D eigenvalue weighted by atomic mass is 9.93. The monoisotopic (exact) mass is 280 g/mol. The van der Waals surface area contributed by atoms with Gasteiger partial charge in [-0.25, -0.2) is 0 Å². The van der Waals surface area contributed by atoms with E-state index in [0.29, 0.717) is 6.04 Å². The summed E-state index contributed by atoms with van der Waals surface area (Å²) < 4.78 is 0. The number of halogens is 1. The third-order valence-electron chi connectivity index (χ3n) is 4.19. The summed E-state index contributed by atoms with van der Waals surface area (Å²) in [4.78, 5) is 2.62. The molecule has 19 heavy (non-hydrogen) atoms. The van der Waals surface area contributed by atoms with Crippen LogP contribution >= 0.6 is 11.6 Å². The van der Waals surface area contributed by atoms with Crippen molar-refractivity contribution in [2.45, 2.75) is 38.6 Å². The Morgan fingerprint density at radius 1 is 1.37 bits per heavy atom. The van der Waals surface area contributed by atoms with Gasteiger partial charge in [-0.05, 0) is 69.3 Å². The minimum atomic E-state index is 0.599. The lowest BCUT2D eigenvalue weighted by Crippen LogP contribution is -2.42. The Labute approximate surface area is 121 Å². The summed E-state index contributed by atoms with van der Waals surface area (Å²) >= 11 is 5.93. The van der Waals surface area contributed by atoms with Crippen LogP contribution in [0.5, 0.6) is 0 Å². The van der Waals surface area contributed by atoms with E-state index >= 15 is 0 Å². The van der Waals surface area contributed by atoms with Crippen LogP contribution in [0.15, 0.2) is 24.3 Å². The van der Waals surface area contributed by atoms with E-state index in [1.807, 2.05) is 12.1 Å². The summed E-state index contributed by atoms with van der Waals surface area (Å²) in [5.41, 5.74) is 7.06. The molecule has 106 valence electrons. The molecule has 0 bridgehead atoms. The Bertz CT molecular complexity index is 375. The highest BCUT2D eigenvalue weighted by atomic mass is 35.5. The minimum Gasteiger partial charge on any atom is -0.330 e. The van der Waals surface area contributed by atoms with Crippen molar-refractivity contribution in [1.29, 1.82) is 0 Å². The predicted molar refractivity (Wildman–Crippen MR) is 82.6 cm³/mol. The van der Waals surface area contributed by atoms with Crippen molar-refractivity contribution in [2.75, 3.05) is 19.6 Å². The van der Waals surface area contributed by atoms with Crippen LogP contribution in [0.2, 0.25) is 5.02 Å². The zero-order valence-corrected chi connectivity index (χ0v) is 12.6. The van der Waals surface area contributed by atoms with Crippen LogP contribution in [0.3, 0.4) is 0 Å². The number of hydrogen-bond donors (Lipinski definition) is 1. The van der Waals surface area contributed by atoms with E-state index < -0.39 is 0 Å². The van der Waals surface area contributed by atoms with Crippen molar-refractivity contribution in [3.05, 3.63) is 34.9 Å². The molecule has 0 radical (unpaired) electrons. The van der Waals surface area contributed by atoms with Crippen LogP contribution in [0, 0.1) is 5.92 Å². The number of rotatable bonds is 5. The van der Waals surface area contributed by atoms with Crippen molar-refractivity contribution in [3.8, 4) is 0 Å². The number of nitrogens with two attached hydrogens (primary N) is 1. The molecular weight excluding hydrogens is 256 g/mol. The van der Waals surface area contributed by atoms with Crippen LogP contribution < -0.4 is 5.73 Å². The SMILES string of the molecule is CC(Cc1ccc(Cl)cc1)N1CCCC(CCN)C1. The van der Waals surface area contributed by atoms with E-state index in [2.05, 4.69) is 24.0 Å². The maximum atomic E-state index is 5.93. The van der Waals surface area contributed by atoms with Crippen molar-refractivity contribution in [2.24, 2.45) is 11.7 Å². The molecule has 0 aliphatic carbocycles. The Morgan fingerprint density at radius 3 is 2.79 bits per heavy atom. The van der Waals surface area contributed by atoms with E-state index in [9.17, 15) is 0 Å². The van der Waals surface area contributed by atoms with Gasteiger partial charge in [0.1, 0.15) is 0 Å². The molecule has 2 N–H and O–H groups in total. The fourth-order valence-electron chi connectivity index (χ4n) is 3.06. The smallest absolute Gasteiger partial charge is 0.0406 e. The quantitative estimate of drug-likeness (QED) is 0.896. The first-order valence-electron chi connectivity index (χ1n) is 7.37. The molecule has 1 aromatic carbocycles. The third kappa shape index (κ3) is 4.48. The molecule has 1 heterocycles. The molecule has 0 aromatic heterocycles. The van der Waals surface area contributed by atoms with E-state index in [4.69, 9.17) is 17.3 Å². The van der Waals surface area contributed by atoms with E-state index in [-0.39, 0.29) is 0 Å². The number of nitrogens with zero attached hydrogens (tertiary/aromatic N) is 1. The molecule has 1 saturated heterocycles. The largest absolute Gasteiger partial charge is 0.330 e. The van der Waals surface area contributed by atoms with Gasteiger partial charge in [0.05, 0.1) is 0 Å². The molecular formula is C16H25ClN2. The molecule has 0 amide bonds. The molecule has 2 atom stereocenters. The van der Waals surface area contributed by atoms with Crippen molar-refractivity contribution >= 4 is 11.6 Å². The second-order valence-corrected chi connectivity index (χ2v) is 6.20. The minimum absolute atomic E-state index is 0.599. The van der Waals surface area contributed by atoms with E-state index in [1.165, 1.54) is 37.9 Å². The van der Waals surface area contributed by atoms with Gasteiger partial charge < -0.3 is 10.6 Å². The van der Waals surface area contributed by atoms with Crippen LogP contribution in [0.25, 0.3) is 0 Å². The first-order chi connectivity index (χ1) is 9.19. The maximum Gasteiger partial charge on any atom is 0.0406 e.